The van der Waals surface area contributed by atoms with Crippen LogP contribution in [0.1, 0.15) is 28.8 Å². The molecule has 5 rings (SSSR count). The van der Waals surface area contributed by atoms with Crippen molar-refractivity contribution in [3.05, 3.63) is 72.3 Å². The summed E-state index contributed by atoms with van der Waals surface area (Å²) in [5.74, 6) is 0.510. The molecule has 4 heterocycles. The van der Waals surface area contributed by atoms with Crippen molar-refractivity contribution in [2.24, 2.45) is 5.92 Å². The summed E-state index contributed by atoms with van der Waals surface area (Å²) in [5.41, 5.74) is 4.17. The fourth-order valence-corrected chi connectivity index (χ4v) is 4.29. The van der Waals surface area contributed by atoms with Crippen molar-refractivity contribution in [3.8, 4) is 17.2 Å². The Morgan fingerprint density at radius 1 is 1.16 bits per heavy atom. The zero-order valence-electron chi connectivity index (χ0n) is 17.0. The smallest absolute Gasteiger partial charge is 0.253 e. The number of aromatic amines is 1. The predicted molar refractivity (Wildman–Crippen MR) is 117 cm³/mol. The van der Waals surface area contributed by atoms with E-state index in [-0.39, 0.29) is 5.91 Å². The number of hydrogen-bond donors (Lipinski definition) is 1. The number of piperidine rings is 1. The van der Waals surface area contributed by atoms with E-state index in [1.54, 1.807) is 30.5 Å². The van der Waals surface area contributed by atoms with Gasteiger partial charge in [0.05, 0.1) is 17.8 Å². The van der Waals surface area contributed by atoms with E-state index in [2.05, 4.69) is 39.2 Å². The Morgan fingerprint density at radius 2 is 2.03 bits per heavy atom. The fraction of sp³-hybridized carbons (Fsp3) is 0.250. The summed E-state index contributed by atoms with van der Waals surface area (Å²) in [6.07, 6.45) is 9.56. The summed E-state index contributed by atoms with van der Waals surface area (Å²) < 4.78 is 2.22. The van der Waals surface area contributed by atoms with Gasteiger partial charge in [-0.15, -0.1) is 0 Å². The Balaban J connectivity index is 1.24. The molecule has 4 aromatic rings. The second kappa shape index (κ2) is 8.07. The normalized spacial score (nSPS) is 14.6. The van der Waals surface area contributed by atoms with Crippen molar-refractivity contribution in [1.82, 2.24) is 24.6 Å². The molecule has 31 heavy (non-hydrogen) atoms. The van der Waals surface area contributed by atoms with E-state index >= 15 is 0 Å². The van der Waals surface area contributed by atoms with Crippen molar-refractivity contribution in [2.45, 2.75) is 19.4 Å². The molecule has 1 fully saturated rings. The van der Waals surface area contributed by atoms with Crippen LogP contribution < -0.4 is 0 Å². The molecule has 1 amide bonds. The lowest BCUT2D eigenvalue weighted by Gasteiger charge is -2.32. The van der Waals surface area contributed by atoms with Crippen LogP contribution in [0, 0.1) is 17.2 Å². The van der Waals surface area contributed by atoms with Gasteiger partial charge in [-0.3, -0.25) is 9.89 Å². The first-order valence-electron chi connectivity index (χ1n) is 10.4. The van der Waals surface area contributed by atoms with E-state index < -0.39 is 0 Å². The van der Waals surface area contributed by atoms with Gasteiger partial charge in [-0.2, -0.15) is 10.4 Å². The number of rotatable bonds is 4. The van der Waals surface area contributed by atoms with Crippen molar-refractivity contribution in [2.75, 3.05) is 13.1 Å². The van der Waals surface area contributed by atoms with Crippen LogP contribution in [0.4, 0.5) is 0 Å². The average Bonchev–Trinajstić information content (AvgIpc) is 3.49. The van der Waals surface area contributed by atoms with Crippen LogP contribution in [0.25, 0.3) is 22.2 Å². The van der Waals surface area contributed by atoms with Gasteiger partial charge in [0.1, 0.15) is 5.65 Å². The lowest BCUT2D eigenvalue weighted by molar-refractivity contribution is 0.0683. The second-order valence-corrected chi connectivity index (χ2v) is 8.02. The number of amides is 1. The maximum atomic E-state index is 12.8. The Morgan fingerprint density at radius 3 is 2.81 bits per heavy atom. The summed E-state index contributed by atoms with van der Waals surface area (Å²) in [4.78, 5) is 19.4. The highest BCUT2D eigenvalue weighted by Gasteiger charge is 2.24. The van der Waals surface area contributed by atoms with E-state index in [9.17, 15) is 4.79 Å². The first kappa shape index (κ1) is 19.1. The number of carbonyl (C=O) groups is 1. The minimum atomic E-state index is 0.00964. The molecule has 0 bridgehead atoms. The topological polar surface area (TPSA) is 90.6 Å². The Labute approximate surface area is 179 Å². The summed E-state index contributed by atoms with van der Waals surface area (Å²) in [6.45, 7) is 2.36. The van der Waals surface area contributed by atoms with Crippen LogP contribution in [-0.4, -0.2) is 43.6 Å². The summed E-state index contributed by atoms with van der Waals surface area (Å²) in [7, 11) is 0. The van der Waals surface area contributed by atoms with Gasteiger partial charge in [0, 0.05) is 60.3 Å². The molecule has 0 saturated carbocycles. The number of benzene rings is 1. The first-order valence-corrected chi connectivity index (χ1v) is 10.4. The molecule has 0 unspecified atom stereocenters. The number of fused-ring (bicyclic) bond motifs is 1. The number of likely N-dealkylation sites (tertiary alicyclic amines) is 1. The van der Waals surface area contributed by atoms with E-state index in [0.29, 0.717) is 17.0 Å². The van der Waals surface area contributed by atoms with Gasteiger partial charge >= 0.3 is 0 Å². The first-order chi connectivity index (χ1) is 15.2. The monoisotopic (exact) mass is 410 g/mol. The SMILES string of the molecule is N#Cc1cccc(C(=O)N2CCC(Cn3ccc4cc(-c5cn[nH]c5)cnc43)CC2)c1. The number of nitrogens with zero attached hydrogens (tertiary/aromatic N) is 5. The summed E-state index contributed by atoms with van der Waals surface area (Å²) in [6, 6.07) is 13.3. The van der Waals surface area contributed by atoms with Crippen molar-refractivity contribution >= 4 is 16.9 Å². The molecule has 1 saturated heterocycles. The number of hydrogen-bond acceptors (Lipinski definition) is 4. The molecule has 1 N–H and O–H groups in total. The van der Waals surface area contributed by atoms with E-state index in [1.165, 1.54) is 0 Å². The molecule has 1 aliphatic rings. The zero-order chi connectivity index (χ0) is 21.2. The van der Waals surface area contributed by atoms with E-state index in [1.807, 2.05) is 17.3 Å². The maximum absolute atomic E-state index is 12.8. The number of carbonyl (C=O) groups excluding carboxylic acids is 1. The van der Waals surface area contributed by atoms with Crippen LogP contribution in [0.5, 0.6) is 0 Å². The quantitative estimate of drug-likeness (QED) is 0.553. The molecule has 0 spiro atoms. The molecule has 0 atom stereocenters. The number of nitrogens with one attached hydrogen (secondary N) is 1. The van der Waals surface area contributed by atoms with Crippen molar-refractivity contribution in [3.63, 3.8) is 0 Å². The summed E-state index contributed by atoms with van der Waals surface area (Å²) >= 11 is 0. The molecule has 0 radical (unpaired) electrons. The zero-order valence-corrected chi connectivity index (χ0v) is 17.0. The maximum Gasteiger partial charge on any atom is 0.253 e. The van der Waals surface area contributed by atoms with Gasteiger partial charge in [-0.05, 0) is 49.1 Å². The third-order valence-corrected chi connectivity index (χ3v) is 6.03. The highest BCUT2D eigenvalue weighted by molar-refractivity contribution is 5.94. The van der Waals surface area contributed by atoms with Crippen LogP contribution in [0.2, 0.25) is 0 Å². The molecule has 7 heteroatoms. The van der Waals surface area contributed by atoms with Gasteiger partial charge in [0.15, 0.2) is 0 Å². The Kier molecular flexibility index (Phi) is 4.97. The van der Waals surface area contributed by atoms with Gasteiger partial charge in [0.25, 0.3) is 5.91 Å². The van der Waals surface area contributed by atoms with E-state index in [4.69, 9.17) is 10.2 Å². The van der Waals surface area contributed by atoms with Crippen molar-refractivity contribution in [1.29, 1.82) is 5.26 Å². The molecule has 7 nitrogen and oxygen atoms in total. The largest absolute Gasteiger partial charge is 0.339 e. The highest BCUT2D eigenvalue weighted by atomic mass is 16.2. The fourth-order valence-electron chi connectivity index (χ4n) is 4.29. The third kappa shape index (κ3) is 3.80. The molecule has 3 aromatic heterocycles. The second-order valence-electron chi connectivity index (χ2n) is 8.02. The van der Waals surface area contributed by atoms with Crippen LogP contribution in [0.3, 0.4) is 0 Å². The number of aromatic nitrogens is 4. The summed E-state index contributed by atoms with van der Waals surface area (Å²) in [5, 5.41) is 17.0. The minimum absolute atomic E-state index is 0.00964. The number of nitriles is 1. The molecular weight excluding hydrogens is 388 g/mol. The number of pyridine rings is 1. The van der Waals surface area contributed by atoms with E-state index in [0.717, 1.165) is 54.6 Å². The lowest BCUT2D eigenvalue weighted by atomic mass is 9.96. The van der Waals surface area contributed by atoms with Crippen LogP contribution >= 0.6 is 0 Å². The van der Waals surface area contributed by atoms with Crippen LogP contribution in [-0.2, 0) is 6.54 Å². The molecule has 1 aliphatic heterocycles. The van der Waals surface area contributed by atoms with Crippen LogP contribution in [0.15, 0.2) is 61.2 Å². The Hall–Kier alpha value is -3.92. The molecule has 154 valence electrons. The molecule has 0 aliphatic carbocycles. The number of H-pyrrole nitrogens is 1. The van der Waals surface area contributed by atoms with Gasteiger partial charge in [0.2, 0.25) is 0 Å². The Bertz CT molecular complexity index is 1260. The van der Waals surface area contributed by atoms with Gasteiger partial charge in [-0.1, -0.05) is 6.07 Å². The van der Waals surface area contributed by atoms with Gasteiger partial charge in [-0.25, -0.2) is 4.98 Å². The van der Waals surface area contributed by atoms with Crippen molar-refractivity contribution < 1.29 is 4.79 Å². The standard InChI is InChI=1S/C24H22N6O/c25-12-18-2-1-3-20(10-18)24(31)29-7-4-17(5-8-29)16-30-9-6-19-11-21(13-26-23(19)30)22-14-27-28-15-22/h1-3,6,9-11,13-15,17H,4-5,7-8,16H2,(H,27,28). The van der Waals surface area contributed by atoms with Gasteiger partial charge < -0.3 is 9.47 Å². The lowest BCUT2D eigenvalue weighted by Crippen LogP contribution is -2.39. The highest BCUT2D eigenvalue weighted by Crippen LogP contribution is 2.26. The predicted octanol–water partition coefficient (Wildman–Crippen LogP) is 3.85. The third-order valence-electron chi connectivity index (χ3n) is 6.03. The minimum Gasteiger partial charge on any atom is -0.339 e. The molecule has 1 aromatic carbocycles. The molecular formula is C24H22N6O. The average molecular weight is 410 g/mol.